The quantitative estimate of drug-likeness (QED) is 0.559. The molecule has 0 saturated heterocycles. The number of rotatable bonds is 0. The lowest BCUT2D eigenvalue weighted by Gasteiger charge is -2.21. The van der Waals surface area contributed by atoms with Gasteiger partial charge in [-0.25, -0.2) is 4.98 Å². The van der Waals surface area contributed by atoms with Gasteiger partial charge in [0.15, 0.2) is 5.75 Å². The Bertz CT molecular complexity index is 639. The standard InChI is InChI=1S/C13H7ClFNO/c1-7-8-4-2-3-5-10(8)17-12-9(7)6-11(14)16-13(12)15/h2-6H,1H2. The van der Waals surface area contributed by atoms with Crippen LogP contribution in [0.1, 0.15) is 11.1 Å². The number of pyridine rings is 1. The second kappa shape index (κ2) is 3.57. The molecule has 0 N–H and O–H groups in total. The van der Waals surface area contributed by atoms with E-state index >= 15 is 0 Å². The van der Waals surface area contributed by atoms with Gasteiger partial charge in [-0.15, -0.1) is 0 Å². The summed E-state index contributed by atoms with van der Waals surface area (Å²) in [5.74, 6) is -0.0609. The van der Waals surface area contributed by atoms with Gasteiger partial charge < -0.3 is 4.74 Å². The van der Waals surface area contributed by atoms with E-state index in [2.05, 4.69) is 11.6 Å². The lowest BCUT2D eigenvalue weighted by Crippen LogP contribution is -2.05. The number of aromatic nitrogens is 1. The molecule has 0 atom stereocenters. The van der Waals surface area contributed by atoms with Crippen molar-refractivity contribution in [2.45, 2.75) is 0 Å². The topological polar surface area (TPSA) is 22.1 Å². The van der Waals surface area contributed by atoms with Gasteiger partial charge in [0, 0.05) is 11.1 Å². The largest absolute Gasteiger partial charge is 0.451 e. The summed E-state index contributed by atoms with van der Waals surface area (Å²) >= 11 is 5.73. The summed E-state index contributed by atoms with van der Waals surface area (Å²) in [5.41, 5.74) is 2.06. The molecule has 0 saturated carbocycles. The van der Waals surface area contributed by atoms with Gasteiger partial charge in [-0.2, -0.15) is 4.39 Å². The number of ether oxygens (including phenoxy) is 1. The number of nitrogens with zero attached hydrogens (tertiary/aromatic N) is 1. The van der Waals surface area contributed by atoms with Crippen molar-refractivity contribution in [1.82, 2.24) is 4.98 Å². The fraction of sp³-hybridized carbons (Fsp3) is 0. The molecule has 0 radical (unpaired) electrons. The predicted octanol–water partition coefficient (Wildman–Crippen LogP) is 4.04. The summed E-state index contributed by atoms with van der Waals surface area (Å²) in [4.78, 5) is 3.53. The molecule has 0 spiro atoms. The molecule has 0 unspecified atom stereocenters. The van der Waals surface area contributed by atoms with Gasteiger partial charge in [0.05, 0.1) is 0 Å². The molecule has 0 fully saturated rings. The maximum Gasteiger partial charge on any atom is 0.257 e. The van der Waals surface area contributed by atoms with Gasteiger partial charge >= 0.3 is 0 Å². The molecule has 1 aromatic heterocycles. The second-order valence-electron chi connectivity index (χ2n) is 3.69. The zero-order chi connectivity index (χ0) is 12.0. The van der Waals surface area contributed by atoms with Crippen molar-refractivity contribution in [3.05, 3.63) is 59.1 Å². The molecule has 3 rings (SSSR count). The molecule has 2 heterocycles. The van der Waals surface area contributed by atoms with Crippen LogP contribution < -0.4 is 4.74 Å². The van der Waals surface area contributed by atoms with Crippen LogP contribution in [-0.2, 0) is 0 Å². The van der Waals surface area contributed by atoms with Crippen molar-refractivity contribution in [1.29, 1.82) is 0 Å². The SMILES string of the molecule is C=C1c2ccccc2Oc2c1cc(Cl)nc2F. The third-order valence-electron chi connectivity index (χ3n) is 2.65. The average Bonchev–Trinajstić information content (AvgIpc) is 2.31. The van der Waals surface area contributed by atoms with E-state index in [4.69, 9.17) is 16.3 Å². The van der Waals surface area contributed by atoms with E-state index in [1.807, 2.05) is 18.2 Å². The molecular formula is C13H7ClFNO. The van der Waals surface area contributed by atoms with Gasteiger partial charge in [-0.1, -0.05) is 36.4 Å². The second-order valence-corrected chi connectivity index (χ2v) is 4.08. The fourth-order valence-corrected chi connectivity index (χ4v) is 2.04. The van der Waals surface area contributed by atoms with Crippen LogP contribution in [0.4, 0.5) is 4.39 Å². The van der Waals surface area contributed by atoms with E-state index in [1.165, 1.54) is 0 Å². The third-order valence-corrected chi connectivity index (χ3v) is 2.84. The van der Waals surface area contributed by atoms with Crippen molar-refractivity contribution in [2.24, 2.45) is 0 Å². The van der Waals surface area contributed by atoms with E-state index in [1.54, 1.807) is 12.1 Å². The van der Waals surface area contributed by atoms with Crippen LogP contribution >= 0.6 is 11.6 Å². The number of hydrogen-bond acceptors (Lipinski definition) is 2. The highest BCUT2D eigenvalue weighted by Gasteiger charge is 2.24. The number of fused-ring (bicyclic) bond motifs is 2. The van der Waals surface area contributed by atoms with Gasteiger partial charge in [0.1, 0.15) is 10.9 Å². The molecule has 17 heavy (non-hydrogen) atoms. The molecule has 1 aliphatic heterocycles. The maximum atomic E-state index is 13.6. The molecule has 2 aromatic rings. The van der Waals surface area contributed by atoms with Gasteiger partial charge in [-0.05, 0) is 17.7 Å². The Balaban J connectivity index is 2.27. The first kappa shape index (κ1) is 10.3. The average molecular weight is 248 g/mol. The molecule has 84 valence electrons. The molecule has 0 amide bonds. The molecule has 2 nitrogen and oxygen atoms in total. The van der Waals surface area contributed by atoms with Crippen LogP contribution in [0, 0.1) is 5.95 Å². The number of halogens is 2. The normalized spacial score (nSPS) is 12.7. The zero-order valence-electron chi connectivity index (χ0n) is 8.71. The number of para-hydroxylation sites is 1. The van der Waals surface area contributed by atoms with E-state index < -0.39 is 5.95 Å². The molecule has 4 heteroatoms. The van der Waals surface area contributed by atoms with Gasteiger partial charge in [0.25, 0.3) is 5.95 Å². The summed E-state index contributed by atoms with van der Waals surface area (Å²) < 4.78 is 19.1. The van der Waals surface area contributed by atoms with E-state index in [-0.39, 0.29) is 10.9 Å². The Morgan fingerprint density at radius 1 is 1.24 bits per heavy atom. The fourth-order valence-electron chi connectivity index (χ4n) is 1.85. The maximum absolute atomic E-state index is 13.6. The highest BCUT2D eigenvalue weighted by atomic mass is 35.5. The van der Waals surface area contributed by atoms with Crippen molar-refractivity contribution < 1.29 is 9.13 Å². The first-order valence-electron chi connectivity index (χ1n) is 4.99. The van der Waals surface area contributed by atoms with E-state index in [0.29, 0.717) is 16.9 Å². The van der Waals surface area contributed by atoms with Crippen LogP contribution in [0.3, 0.4) is 0 Å². The Morgan fingerprint density at radius 2 is 2.00 bits per heavy atom. The summed E-state index contributed by atoms with van der Waals surface area (Å²) in [6, 6.07) is 8.87. The number of benzene rings is 1. The van der Waals surface area contributed by atoms with Crippen LogP contribution in [0.15, 0.2) is 36.9 Å². The number of hydrogen-bond donors (Lipinski definition) is 0. The lowest BCUT2D eigenvalue weighted by molar-refractivity contribution is 0.422. The smallest absolute Gasteiger partial charge is 0.257 e. The monoisotopic (exact) mass is 247 g/mol. The Hall–Kier alpha value is -1.87. The van der Waals surface area contributed by atoms with Crippen LogP contribution in [0.25, 0.3) is 5.57 Å². The third kappa shape index (κ3) is 1.51. The Labute approximate surface area is 102 Å². The van der Waals surface area contributed by atoms with E-state index in [9.17, 15) is 4.39 Å². The van der Waals surface area contributed by atoms with E-state index in [0.717, 1.165) is 5.56 Å². The summed E-state index contributed by atoms with van der Waals surface area (Å²) in [7, 11) is 0. The Morgan fingerprint density at radius 3 is 2.82 bits per heavy atom. The van der Waals surface area contributed by atoms with Gasteiger partial charge in [0.2, 0.25) is 0 Å². The van der Waals surface area contributed by atoms with Crippen LogP contribution in [0.5, 0.6) is 11.5 Å². The first-order chi connectivity index (χ1) is 8.16. The van der Waals surface area contributed by atoms with Gasteiger partial charge in [-0.3, -0.25) is 0 Å². The van der Waals surface area contributed by atoms with Crippen molar-refractivity contribution in [3.63, 3.8) is 0 Å². The van der Waals surface area contributed by atoms with Crippen LogP contribution in [0.2, 0.25) is 5.15 Å². The molecule has 1 aromatic carbocycles. The lowest BCUT2D eigenvalue weighted by atomic mass is 9.96. The van der Waals surface area contributed by atoms with Crippen molar-refractivity contribution in [3.8, 4) is 11.5 Å². The molecule has 0 bridgehead atoms. The van der Waals surface area contributed by atoms with Crippen LogP contribution in [-0.4, -0.2) is 4.98 Å². The highest BCUT2D eigenvalue weighted by molar-refractivity contribution is 6.29. The summed E-state index contributed by atoms with van der Waals surface area (Å²) in [5, 5.41) is 0.0883. The Kier molecular flexibility index (Phi) is 2.16. The molecule has 1 aliphatic rings. The minimum atomic E-state index is -0.719. The highest BCUT2D eigenvalue weighted by Crippen LogP contribution is 2.43. The minimum absolute atomic E-state index is 0.0816. The first-order valence-corrected chi connectivity index (χ1v) is 5.37. The predicted molar refractivity (Wildman–Crippen MR) is 63.9 cm³/mol. The van der Waals surface area contributed by atoms with Crippen molar-refractivity contribution in [2.75, 3.05) is 0 Å². The molecular weight excluding hydrogens is 241 g/mol. The molecule has 0 aliphatic carbocycles. The zero-order valence-corrected chi connectivity index (χ0v) is 9.46. The van der Waals surface area contributed by atoms with Crippen molar-refractivity contribution >= 4 is 17.2 Å². The summed E-state index contributed by atoms with van der Waals surface area (Å²) in [6.07, 6.45) is 0. The minimum Gasteiger partial charge on any atom is -0.451 e. The summed E-state index contributed by atoms with van der Waals surface area (Å²) in [6.45, 7) is 3.95.